The van der Waals surface area contributed by atoms with Crippen LogP contribution in [0.5, 0.6) is 5.75 Å². The van der Waals surface area contributed by atoms with Crippen LogP contribution in [0.2, 0.25) is 0 Å². The molecule has 2 saturated heterocycles. The molecule has 1 aliphatic carbocycles. The second-order valence-electron chi connectivity index (χ2n) is 13.3. The lowest BCUT2D eigenvalue weighted by Gasteiger charge is -2.34. The number of likely N-dealkylation sites (tertiary alicyclic amines) is 1. The Morgan fingerprint density at radius 1 is 1.18 bits per heavy atom. The van der Waals surface area contributed by atoms with Crippen LogP contribution < -0.4 is 20.7 Å². The van der Waals surface area contributed by atoms with Crippen molar-refractivity contribution in [3.63, 3.8) is 0 Å². The molecule has 11 heteroatoms. The van der Waals surface area contributed by atoms with Crippen LogP contribution in [-0.4, -0.2) is 77.6 Å². The van der Waals surface area contributed by atoms with Crippen molar-refractivity contribution < 1.29 is 28.7 Å². The molecule has 2 aromatic rings. The van der Waals surface area contributed by atoms with E-state index in [2.05, 4.69) is 41.4 Å². The first kappa shape index (κ1) is 31.3. The van der Waals surface area contributed by atoms with Crippen molar-refractivity contribution >= 4 is 40.3 Å². The first-order valence-electron chi connectivity index (χ1n) is 15.4. The van der Waals surface area contributed by atoms with E-state index in [0.29, 0.717) is 37.4 Å². The highest BCUT2D eigenvalue weighted by atomic mass is 16.5. The van der Waals surface area contributed by atoms with Crippen molar-refractivity contribution in [2.75, 3.05) is 20.2 Å². The molecule has 3 heterocycles. The lowest BCUT2D eigenvalue weighted by molar-refractivity contribution is -0.142. The highest BCUT2D eigenvalue weighted by molar-refractivity contribution is 6.02. The number of H-pyrrole nitrogens is 1. The molecule has 1 aromatic heterocycles. The van der Waals surface area contributed by atoms with Gasteiger partial charge in [0.1, 0.15) is 23.5 Å². The number of carbonyl (C=O) groups excluding carboxylic acids is 5. The van der Waals surface area contributed by atoms with E-state index in [1.807, 2.05) is 32.0 Å². The summed E-state index contributed by atoms with van der Waals surface area (Å²) in [6, 6.07) is 4.59. The van der Waals surface area contributed by atoms with E-state index in [0.717, 1.165) is 17.0 Å². The Kier molecular flexibility index (Phi) is 8.59. The Morgan fingerprint density at radius 2 is 1.93 bits per heavy atom. The molecule has 4 amide bonds. The van der Waals surface area contributed by atoms with Gasteiger partial charge in [-0.15, -0.1) is 0 Å². The number of fused-ring (bicyclic) bond motifs is 2. The Balaban J connectivity index is 1.36. The summed E-state index contributed by atoms with van der Waals surface area (Å²) in [7, 11) is 1.56. The average Bonchev–Trinajstić information content (AvgIpc) is 3.50. The van der Waals surface area contributed by atoms with Crippen molar-refractivity contribution in [1.29, 1.82) is 0 Å². The minimum Gasteiger partial charge on any atom is -0.496 e. The van der Waals surface area contributed by atoms with Gasteiger partial charge in [-0.1, -0.05) is 40.3 Å². The fraction of sp³-hybridized carbons (Fsp3) is 0.545. The standard InChI is InChI=1S/C33H43N5O6/c1-7-25(39)22(14-18-11-12-34-29(18)40)36-31(42)28-27-20(33(27,4)5)16-38(28)32(43)24(13-17(2)3)37-30(41)23-15-19-21(35-23)9-8-10-26(19)44-6/h7-10,15,17-18,20,22,24,27-28,35H,1,11-14,16H2,2-6H3,(H,34,40)(H,36,42)(H,37,41)/t18-,20-,22-,24-,27-,28-/m0/s1. The molecule has 1 saturated carbocycles. The number of piperidine rings is 1. The number of nitrogens with one attached hydrogen (secondary N) is 4. The largest absolute Gasteiger partial charge is 0.496 e. The number of ketones is 1. The van der Waals surface area contributed by atoms with Crippen molar-refractivity contribution in [3.05, 3.63) is 42.6 Å². The molecule has 0 radical (unpaired) electrons. The number of hydrogen-bond acceptors (Lipinski definition) is 6. The molecule has 3 fully saturated rings. The second-order valence-corrected chi connectivity index (χ2v) is 13.3. The highest BCUT2D eigenvalue weighted by Gasteiger charge is 2.69. The molecule has 11 nitrogen and oxygen atoms in total. The molecule has 1 aromatic carbocycles. The van der Waals surface area contributed by atoms with Gasteiger partial charge in [-0.05, 0) is 66.7 Å². The van der Waals surface area contributed by atoms with Gasteiger partial charge < -0.3 is 30.6 Å². The first-order valence-corrected chi connectivity index (χ1v) is 15.4. The van der Waals surface area contributed by atoms with Gasteiger partial charge >= 0.3 is 0 Å². The van der Waals surface area contributed by atoms with E-state index in [1.54, 1.807) is 18.1 Å². The van der Waals surface area contributed by atoms with E-state index in [9.17, 15) is 24.0 Å². The summed E-state index contributed by atoms with van der Waals surface area (Å²) < 4.78 is 5.42. The second kappa shape index (κ2) is 12.1. The van der Waals surface area contributed by atoms with Crippen molar-refractivity contribution in [3.8, 4) is 5.75 Å². The van der Waals surface area contributed by atoms with Gasteiger partial charge in [0.2, 0.25) is 17.7 Å². The number of aromatic nitrogens is 1. The van der Waals surface area contributed by atoms with Gasteiger partial charge in [0.05, 0.1) is 13.2 Å². The minimum atomic E-state index is -0.920. The molecule has 0 bridgehead atoms. The third kappa shape index (κ3) is 5.84. The fourth-order valence-corrected chi connectivity index (χ4v) is 7.17. The van der Waals surface area contributed by atoms with E-state index >= 15 is 0 Å². The zero-order valence-electron chi connectivity index (χ0n) is 26.1. The smallest absolute Gasteiger partial charge is 0.268 e. The molecular weight excluding hydrogens is 562 g/mol. The summed E-state index contributed by atoms with van der Waals surface area (Å²) in [4.78, 5) is 71.2. The zero-order valence-corrected chi connectivity index (χ0v) is 26.1. The van der Waals surface area contributed by atoms with Crippen LogP contribution in [0.4, 0.5) is 0 Å². The fourth-order valence-electron chi connectivity index (χ4n) is 7.17. The zero-order chi connectivity index (χ0) is 31.9. The topological polar surface area (TPSA) is 150 Å². The molecule has 4 N–H and O–H groups in total. The molecule has 2 aliphatic heterocycles. The third-order valence-electron chi connectivity index (χ3n) is 9.70. The van der Waals surface area contributed by atoms with Gasteiger partial charge in [0.25, 0.3) is 5.91 Å². The predicted octanol–water partition coefficient (Wildman–Crippen LogP) is 2.57. The van der Waals surface area contributed by atoms with Crippen molar-refractivity contribution in [2.45, 2.75) is 65.1 Å². The van der Waals surface area contributed by atoms with E-state index in [4.69, 9.17) is 4.74 Å². The van der Waals surface area contributed by atoms with E-state index < -0.39 is 29.9 Å². The van der Waals surface area contributed by atoms with Crippen LogP contribution in [0.3, 0.4) is 0 Å². The van der Waals surface area contributed by atoms with Crippen LogP contribution in [0.15, 0.2) is 36.9 Å². The van der Waals surface area contributed by atoms with Crippen LogP contribution in [-0.2, 0) is 19.2 Å². The Labute approximate surface area is 257 Å². The molecule has 236 valence electrons. The quantitative estimate of drug-likeness (QED) is 0.273. The van der Waals surface area contributed by atoms with Gasteiger partial charge in [-0.25, -0.2) is 0 Å². The number of ether oxygens (including phenoxy) is 1. The average molecular weight is 606 g/mol. The maximum atomic E-state index is 14.2. The summed E-state index contributed by atoms with van der Waals surface area (Å²) in [6.45, 7) is 12.6. The highest BCUT2D eigenvalue weighted by Crippen LogP contribution is 2.65. The van der Waals surface area contributed by atoms with Crippen LogP contribution in [0.25, 0.3) is 10.9 Å². The van der Waals surface area contributed by atoms with Crippen molar-refractivity contribution in [2.24, 2.45) is 29.1 Å². The van der Waals surface area contributed by atoms with Crippen LogP contribution in [0, 0.1) is 29.1 Å². The molecule has 0 spiro atoms. The Morgan fingerprint density at radius 3 is 2.57 bits per heavy atom. The number of nitrogens with zero attached hydrogens (tertiary/aromatic N) is 1. The Bertz CT molecular complexity index is 1490. The predicted molar refractivity (Wildman–Crippen MR) is 165 cm³/mol. The SMILES string of the molecule is C=CC(=O)[C@H](C[C@@H]1CCNC1=O)NC(=O)[C@@H]1[C@@H]2[C@H](CN1C(=O)[C@H](CC(C)C)NC(=O)c1cc3c(OC)cccc3[nH]1)C2(C)C. The number of carbonyl (C=O) groups is 5. The summed E-state index contributed by atoms with van der Waals surface area (Å²) in [5, 5.41) is 9.32. The summed E-state index contributed by atoms with van der Waals surface area (Å²) in [5.41, 5.74) is 0.883. The van der Waals surface area contributed by atoms with E-state index in [-0.39, 0.29) is 53.1 Å². The third-order valence-corrected chi connectivity index (χ3v) is 9.70. The van der Waals surface area contributed by atoms with Gasteiger partial charge in [0.15, 0.2) is 5.78 Å². The maximum absolute atomic E-state index is 14.2. The van der Waals surface area contributed by atoms with Crippen LogP contribution >= 0.6 is 0 Å². The Hall–Kier alpha value is -4.15. The number of benzene rings is 1. The van der Waals surface area contributed by atoms with Gasteiger partial charge in [0, 0.05) is 29.9 Å². The molecular formula is C33H43N5O6. The molecule has 6 atom stereocenters. The molecule has 3 aliphatic rings. The van der Waals surface area contributed by atoms with Crippen molar-refractivity contribution in [1.82, 2.24) is 25.8 Å². The van der Waals surface area contributed by atoms with Crippen LogP contribution in [0.1, 0.15) is 57.4 Å². The lowest BCUT2D eigenvalue weighted by atomic mass is 9.94. The normalized spacial score (nSPS) is 24.8. The number of aromatic amines is 1. The summed E-state index contributed by atoms with van der Waals surface area (Å²) in [6.07, 6.45) is 2.29. The van der Waals surface area contributed by atoms with E-state index in [1.165, 1.54) is 0 Å². The minimum absolute atomic E-state index is 0.0834. The lowest BCUT2D eigenvalue weighted by Crippen LogP contribution is -2.57. The summed E-state index contributed by atoms with van der Waals surface area (Å²) >= 11 is 0. The first-order chi connectivity index (χ1) is 20.9. The number of methoxy groups -OCH3 is 1. The number of amides is 4. The monoisotopic (exact) mass is 605 g/mol. The maximum Gasteiger partial charge on any atom is 0.268 e. The van der Waals surface area contributed by atoms with Gasteiger partial charge in [-0.3, -0.25) is 24.0 Å². The van der Waals surface area contributed by atoms with Gasteiger partial charge in [-0.2, -0.15) is 0 Å². The summed E-state index contributed by atoms with van der Waals surface area (Å²) in [5.74, 6) is -1.33. The molecule has 44 heavy (non-hydrogen) atoms. The molecule has 5 rings (SSSR count). The molecule has 0 unspecified atom stereocenters. The number of hydrogen-bond donors (Lipinski definition) is 4. The number of rotatable bonds is 12.